The van der Waals surface area contributed by atoms with E-state index in [4.69, 9.17) is 4.74 Å². The SMILES string of the molecule is CC[C@]1(O)C(=O)CC2C3C(O)C[C@H]4C[C@@H](OC(C)=O)CC[C@]4(C)C3CC[C@@]21C. The van der Waals surface area contributed by atoms with Crippen LogP contribution in [0.15, 0.2) is 0 Å². The van der Waals surface area contributed by atoms with Crippen LogP contribution in [0.2, 0.25) is 0 Å². The number of aliphatic hydroxyl groups is 2. The molecule has 0 aliphatic heterocycles. The Hall–Kier alpha value is -0.940. The Morgan fingerprint density at radius 2 is 1.89 bits per heavy atom. The van der Waals surface area contributed by atoms with Crippen LogP contribution in [0.3, 0.4) is 0 Å². The fourth-order valence-electron chi connectivity index (χ4n) is 8.03. The van der Waals surface area contributed by atoms with Gasteiger partial charge in [-0.3, -0.25) is 9.59 Å². The highest BCUT2D eigenvalue weighted by molar-refractivity contribution is 5.91. The molecule has 0 spiro atoms. The van der Waals surface area contributed by atoms with Gasteiger partial charge in [-0.2, -0.15) is 0 Å². The molecule has 28 heavy (non-hydrogen) atoms. The zero-order chi connectivity index (χ0) is 20.5. The summed E-state index contributed by atoms with van der Waals surface area (Å²) in [4.78, 5) is 24.2. The standard InChI is InChI=1S/C23H36O5/c1-5-23(27)19(26)12-17-20-16(7-9-22(17,23)4)21(3)8-6-15(28-13(2)24)10-14(21)11-18(20)25/h14-18,20,25,27H,5-12H2,1-4H3/t14-,15+,16?,17?,18?,20?,21+,22+,23+/m1/s1. The maximum absolute atomic E-state index is 12.8. The highest BCUT2D eigenvalue weighted by atomic mass is 16.5. The molecule has 4 rings (SSSR count). The molecule has 4 aliphatic carbocycles. The van der Waals surface area contributed by atoms with Crippen molar-refractivity contribution in [3.05, 3.63) is 0 Å². The molecule has 0 heterocycles. The molecule has 0 aromatic heterocycles. The molecule has 0 amide bonds. The molecule has 5 heteroatoms. The third kappa shape index (κ3) is 2.57. The van der Waals surface area contributed by atoms with E-state index in [-0.39, 0.29) is 35.1 Å². The molecule has 4 aliphatic rings. The van der Waals surface area contributed by atoms with Crippen molar-refractivity contribution in [2.75, 3.05) is 0 Å². The van der Waals surface area contributed by atoms with Crippen LogP contribution in [0.25, 0.3) is 0 Å². The second-order valence-electron chi connectivity index (χ2n) is 10.6. The molecule has 4 unspecified atom stereocenters. The number of ether oxygens (including phenoxy) is 1. The zero-order valence-electron chi connectivity index (χ0n) is 17.7. The lowest BCUT2D eigenvalue weighted by atomic mass is 9.43. The minimum Gasteiger partial charge on any atom is -0.463 e. The van der Waals surface area contributed by atoms with Crippen molar-refractivity contribution in [2.24, 2.45) is 34.5 Å². The minimum atomic E-state index is -1.24. The Morgan fingerprint density at radius 3 is 2.54 bits per heavy atom. The first-order valence-corrected chi connectivity index (χ1v) is 11.2. The van der Waals surface area contributed by atoms with Crippen molar-refractivity contribution in [2.45, 2.75) is 96.9 Å². The second kappa shape index (κ2) is 6.53. The fourth-order valence-corrected chi connectivity index (χ4v) is 8.03. The predicted octanol–water partition coefficient (Wildman–Crippen LogP) is 3.25. The molecular weight excluding hydrogens is 356 g/mol. The maximum Gasteiger partial charge on any atom is 0.302 e. The van der Waals surface area contributed by atoms with E-state index in [0.717, 1.165) is 32.1 Å². The number of esters is 1. The van der Waals surface area contributed by atoms with Gasteiger partial charge >= 0.3 is 5.97 Å². The third-order valence-corrected chi connectivity index (χ3v) is 9.68. The first-order chi connectivity index (χ1) is 13.1. The molecule has 0 aromatic rings. The molecule has 4 saturated carbocycles. The lowest BCUT2D eigenvalue weighted by Crippen LogP contribution is -2.61. The van der Waals surface area contributed by atoms with Gasteiger partial charge in [0.2, 0.25) is 0 Å². The first-order valence-electron chi connectivity index (χ1n) is 11.2. The molecule has 0 radical (unpaired) electrons. The second-order valence-corrected chi connectivity index (χ2v) is 10.6. The topological polar surface area (TPSA) is 83.8 Å². The summed E-state index contributed by atoms with van der Waals surface area (Å²) < 4.78 is 5.50. The van der Waals surface area contributed by atoms with Gasteiger partial charge in [0.05, 0.1) is 6.10 Å². The lowest BCUT2D eigenvalue weighted by molar-refractivity contribution is -0.196. The molecule has 0 aromatic carbocycles. The van der Waals surface area contributed by atoms with E-state index in [1.165, 1.54) is 6.92 Å². The highest BCUT2D eigenvalue weighted by Gasteiger charge is 2.68. The summed E-state index contributed by atoms with van der Waals surface area (Å²) in [6.07, 6.45) is 5.59. The van der Waals surface area contributed by atoms with Crippen molar-refractivity contribution in [1.82, 2.24) is 0 Å². The van der Waals surface area contributed by atoms with Crippen LogP contribution in [-0.2, 0) is 14.3 Å². The molecule has 2 N–H and O–H groups in total. The molecule has 0 saturated heterocycles. The molecule has 5 nitrogen and oxygen atoms in total. The van der Waals surface area contributed by atoms with E-state index in [9.17, 15) is 19.8 Å². The van der Waals surface area contributed by atoms with Gasteiger partial charge in [0.15, 0.2) is 5.78 Å². The van der Waals surface area contributed by atoms with E-state index in [2.05, 4.69) is 13.8 Å². The van der Waals surface area contributed by atoms with E-state index in [1.807, 2.05) is 6.92 Å². The monoisotopic (exact) mass is 392 g/mol. The average molecular weight is 393 g/mol. The van der Waals surface area contributed by atoms with E-state index >= 15 is 0 Å². The highest BCUT2D eigenvalue weighted by Crippen LogP contribution is 2.68. The zero-order valence-corrected chi connectivity index (χ0v) is 17.7. The lowest BCUT2D eigenvalue weighted by Gasteiger charge is -2.62. The predicted molar refractivity (Wildman–Crippen MR) is 104 cm³/mol. The van der Waals surface area contributed by atoms with Gasteiger partial charge in [0, 0.05) is 18.8 Å². The first kappa shape index (κ1) is 20.3. The van der Waals surface area contributed by atoms with Crippen LogP contribution in [0, 0.1) is 34.5 Å². The van der Waals surface area contributed by atoms with E-state index in [1.54, 1.807) is 0 Å². The van der Waals surface area contributed by atoms with Gasteiger partial charge in [-0.25, -0.2) is 0 Å². The van der Waals surface area contributed by atoms with Gasteiger partial charge in [-0.15, -0.1) is 0 Å². The minimum absolute atomic E-state index is 0.0267. The van der Waals surface area contributed by atoms with E-state index < -0.39 is 17.1 Å². The van der Waals surface area contributed by atoms with Gasteiger partial charge in [-0.1, -0.05) is 20.8 Å². The largest absolute Gasteiger partial charge is 0.463 e. The Kier molecular flexibility index (Phi) is 4.74. The van der Waals surface area contributed by atoms with Gasteiger partial charge < -0.3 is 14.9 Å². The average Bonchev–Trinajstić information content (AvgIpc) is 2.83. The van der Waals surface area contributed by atoms with Crippen molar-refractivity contribution in [3.63, 3.8) is 0 Å². The normalized spacial score (nSPS) is 53.1. The van der Waals surface area contributed by atoms with Crippen LogP contribution in [0.1, 0.15) is 79.1 Å². The van der Waals surface area contributed by atoms with Crippen molar-refractivity contribution in [3.8, 4) is 0 Å². The summed E-state index contributed by atoms with van der Waals surface area (Å²) in [5.74, 6) is 0.594. The quantitative estimate of drug-likeness (QED) is 0.705. The number of ketones is 1. The molecular formula is C23H36O5. The van der Waals surface area contributed by atoms with Gasteiger partial charge in [-0.05, 0) is 74.0 Å². The molecule has 9 atom stereocenters. The van der Waals surface area contributed by atoms with E-state index in [0.29, 0.717) is 31.1 Å². The molecule has 0 bridgehead atoms. The Labute approximate surface area is 168 Å². The number of fused-ring (bicyclic) bond motifs is 5. The van der Waals surface area contributed by atoms with Crippen molar-refractivity contribution >= 4 is 11.8 Å². The smallest absolute Gasteiger partial charge is 0.302 e. The van der Waals surface area contributed by atoms with Crippen LogP contribution in [0.5, 0.6) is 0 Å². The van der Waals surface area contributed by atoms with Gasteiger partial charge in [0.25, 0.3) is 0 Å². The maximum atomic E-state index is 12.8. The molecule has 4 fully saturated rings. The van der Waals surface area contributed by atoms with Crippen LogP contribution in [0.4, 0.5) is 0 Å². The van der Waals surface area contributed by atoms with Crippen LogP contribution in [-0.4, -0.2) is 39.8 Å². The summed E-state index contributed by atoms with van der Waals surface area (Å²) in [7, 11) is 0. The summed E-state index contributed by atoms with van der Waals surface area (Å²) >= 11 is 0. The third-order valence-electron chi connectivity index (χ3n) is 9.68. The fraction of sp³-hybridized carbons (Fsp3) is 0.913. The number of rotatable bonds is 2. The summed E-state index contributed by atoms with van der Waals surface area (Å²) in [5.41, 5.74) is -1.57. The number of aliphatic hydroxyl groups excluding tert-OH is 1. The van der Waals surface area contributed by atoms with Crippen LogP contribution >= 0.6 is 0 Å². The molecule has 158 valence electrons. The Bertz CT molecular complexity index is 676. The number of hydrogen-bond donors (Lipinski definition) is 2. The Morgan fingerprint density at radius 1 is 1.18 bits per heavy atom. The Balaban J connectivity index is 1.63. The van der Waals surface area contributed by atoms with Crippen LogP contribution < -0.4 is 0 Å². The summed E-state index contributed by atoms with van der Waals surface area (Å²) in [6.45, 7) is 7.81. The number of Topliss-reactive ketones (excluding diaryl/α,β-unsaturated/α-hetero) is 1. The summed E-state index contributed by atoms with van der Waals surface area (Å²) in [6, 6.07) is 0. The summed E-state index contributed by atoms with van der Waals surface area (Å²) in [5, 5.41) is 22.5. The number of carbonyl (C=O) groups is 2. The number of carbonyl (C=O) groups excluding carboxylic acids is 2. The van der Waals surface area contributed by atoms with Crippen molar-refractivity contribution < 1.29 is 24.5 Å². The van der Waals surface area contributed by atoms with Gasteiger partial charge in [0.1, 0.15) is 11.7 Å². The van der Waals surface area contributed by atoms with Crippen molar-refractivity contribution in [1.29, 1.82) is 0 Å². The number of hydrogen-bond acceptors (Lipinski definition) is 5.